The van der Waals surface area contributed by atoms with Crippen molar-refractivity contribution in [2.75, 3.05) is 5.32 Å². The Morgan fingerprint density at radius 2 is 2.25 bits per heavy atom. The van der Waals surface area contributed by atoms with Crippen LogP contribution in [0.3, 0.4) is 0 Å². The number of hydrogen-bond donors (Lipinski definition) is 2. The van der Waals surface area contributed by atoms with E-state index in [-0.39, 0.29) is 12.3 Å². The smallest absolute Gasteiger partial charge is 0.303 e. The molecule has 1 aromatic carbocycles. The van der Waals surface area contributed by atoms with Crippen molar-refractivity contribution in [2.45, 2.75) is 25.7 Å². The highest BCUT2D eigenvalue weighted by Gasteiger charge is 2.17. The molecule has 4 heteroatoms. The van der Waals surface area contributed by atoms with Gasteiger partial charge in [0.25, 0.3) is 0 Å². The largest absolute Gasteiger partial charge is 0.481 e. The van der Waals surface area contributed by atoms with Crippen LogP contribution in [0.1, 0.15) is 24.0 Å². The number of amides is 1. The van der Waals surface area contributed by atoms with E-state index in [1.807, 2.05) is 18.2 Å². The van der Waals surface area contributed by atoms with E-state index in [9.17, 15) is 9.59 Å². The second-order valence-corrected chi connectivity index (χ2v) is 3.96. The van der Waals surface area contributed by atoms with Crippen molar-refractivity contribution in [3.05, 3.63) is 29.3 Å². The van der Waals surface area contributed by atoms with Gasteiger partial charge in [0.1, 0.15) is 0 Å². The number of fused-ring (bicyclic) bond motifs is 1. The minimum atomic E-state index is -0.769. The Bertz CT molecular complexity index is 440. The van der Waals surface area contributed by atoms with Gasteiger partial charge in [0.2, 0.25) is 5.91 Å². The molecule has 0 atom stereocenters. The summed E-state index contributed by atoms with van der Waals surface area (Å²) >= 11 is 0. The maximum absolute atomic E-state index is 11.1. The summed E-state index contributed by atoms with van der Waals surface area (Å²) in [4.78, 5) is 21.5. The summed E-state index contributed by atoms with van der Waals surface area (Å²) in [5.74, 6) is -0.743. The molecule has 0 aromatic heterocycles. The molecular formula is C12H13NO3. The minimum absolute atomic E-state index is 0.0256. The third-order valence-corrected chi connectivity index (χ3v) is 2.66. The van der Waals surface area contributed by atoms with Crippen LogP contribution in [0.2, 0.25) is 0 Å². The van der Waals surface area contributed by atoms with Crippen LogP contribution < -0.4 is 5.32 Å². The molecule has 0 aliphatic carbocycles. The van der Waals surface area contributed by atoms with Crippen molar-refractivity contribution in [2.24, 2.45) is 0 Å². The van der Waals surface area contributed by atoms with E-state index in [0.29, 0.717) is 12.8 Å². The lowest BCUT2D eigenvalue weighted by molar-refractivity contribution is -0.137. The average Bonchev–Trinajstić information content (AvgIpc) is 2.56. The summed E-state index contributed by atoms with van der Waals surface area (Å²) in [7, 11) is 0. The summed E-state index contributed by atoms with van der Waals surface area (Å²) < 4.78 is 0. The number of nitrogens with one attached hydrogen (secondary N) is 1. The zero-order valence-corrected chi connectivity index (χ0v) is 8.82. The average molecular weight is 219 g/mol. The Kier molecular flexibility index (Phi) is 2.90. The van der Waals surface area contributed by atoms with Gasteiger partial charge in [0, 0.05) is 12.1 Å². The maximum atomic E-state index is 11.1. The molecule has 1 heterocycles. The molecule has 1 amide bonds. The quantitative estimate of drug-likeness (QED) is 0.808. The lowest BCUT2D eigenvalue weighted by atomic mass is 10.0. The van der Waals surface area contributed by atoms with Crippen molar-refractivity contribution in [3.8, 4) is 0 Å². The number of aliphatic carboxylic acids is 1. The molecule has 1 aliphatic rings. The number of carboxylic acid groups (broad SMARTS) is 1. The molecule has 0 bridgehead atoms. The number of carbonyl (C=O) groups excluding carboxylic acids is 1. The normalized spacial score (nSPS) is 13.4. The predicted molar refractivity (Wildman–Crippen MR) is 59.3 cm³/mol. The van der Waals surface area contributed by atoms with Gasteiger partial charge in [-0.3, -0.25) is 9.59 Å². The minimum Gasteiger partial charge on any atom is -0.481 e. The first kappa shape index (κ1) is 10.7. The maximum Gasteiger partial charge on any atom is 0.303 e. The molecule has 2 N–H and O–H groups in total. The number of hydrogen-bond acceptors (Lipinski definition) is 2. The van der Waals surface area contributed by atoms with Gasteiger partial charge in [-0.15, -0.1) is 0 Å². The third-order valence-electron chi connectivity index (χ3n) is 2.66. The van der Waals surface area contributed by atoms with Gasteiger partial charge in [0.05, 0.1) is 6.42 Å². The van der Waals surface area contributed by atoms with Crippen LogP contribution in [0.15, 0.2) is 18.2 Å². The monoisotopic (exact) mass is 219 g/mol. The summed E-state index contributed by atoms with van der Waals surface area (Å²) in [5, 5.41) is 11.3. The number of carbonyl (C=O) groups is 2. The Morgan fingerprint density at radius 1 is 1.44 bits per heavy atom. The molecule has 1 aromatic rings. The van der Waals surface area contributed by atoms with Crippen LogP contribution in [0.5, 0.6) is 0 Å². The molecule has 4 nitrogen and oxygen atoms in total. The molecule has 0 unspecified atom stereocenters. The van der Waals surface area contributed by atoms with E-state index in [1.165, 1.54) is 0 Å². The van der Waals surface area contributed by atoms with Crippen LogP contribution in [0.4, 0.5) is 5.69 Å². The van der Waals surface area contributed by atoms with E-state index in [2.05, 4.69) is 5.32 Å². The molecule has 0 saturated carbocycles. The molecule has 1 aliphatic heterocycles. The molecule has 16 heavy (non-hydrogen) atoms. The van der Waals surface area contributed by atoms with Crippen LogP contribution >= 0.6 is 0 Å². The van der Waals surface area contributed by atoms with Crippen LogP contribution in [-0.2, 0) is 22.4 Å². The SMILES string of the molecule is O=C(O)CCCc1ccc2c(c1)NC(=O)C2. The second-order valence-electron chi connectivity index (χ2n) is 3.96. The first-order valence-corrected chi connectivity index (χ1v) is 5.28. The van der Waals surface area contributed by atoms with Gasteiger partial charge < -0.3 is 10.4 Å². The summed E-state index contributed by atoms with van der Waals surface area (Å²) in [6.45, 7) is 0. The number of carboxylic acids is 1. The van der Waals surface area contributed by atoms with Crippen molar-refractivity contribution in [1.29, 1.82) is 0 Å². The number of anilines is 1. The molecular weight excluding hydrogens is 206 g/mol. The van der Waals surface area contributed by atoms with Gasteiger partial charge >= 0.3 is 5.97 Å². The fraction of sp³-hybridized carbons (Fsp3) is 0.333. The highest BCUT2D eigenvalue weighted by Crippen LogP contribution is 2.24. The standard InChI is InChI=1S/C12H13NO3/c14-11-7-9-5-4-8(6-10(9)13-11)2-1-3-12(15)16/h4-6H,1-3,7H2,(H,13,14)(H,15,16). The van der Waals surface area contributed by atoms with Gasteiger partial charge in [-0.05, 0) is 30.0 Å². The number of aryl methyl sites for hydroxylation is 1. The third kappa shape index (κ3) is 2.39. The lowest BCUT2D eigenvalue weighted by Crippen LogP contribution is -2.03. The zero-order chi connectivity index (χ0) is 11.5. The Morgan fingerprint density at radius 3 is 3.00 bits per heavy atom. The topological polar surface area (TPSA) is 66.4 Å². The fourth-order valence-corrected chi connectivity index (χ4v) is 1.86. The van der Waals surface area contributed by atoms with Crippen molar-refractivity contribution < 1.29 is 14.7 Å². The van der Waals surface area contributed by atoms with E-state index in [1.54, 1.807) is 0 Å². The predicted octanol–water partition coefficient (Wildman–Crippen LogP) is 1.59. The zero-order valence-electron chi connectivity index (χ0n) is 8.82. The lowest BCUT2D eigenvalue weighted by Gasteiger charge is -2.03. The molecule has 0 spiro atoms. The molecule has 0 saturated heterocycles. The van der Waals surface area contributed by atoms with Gasteiger partial charge in [-0.25, -0.2) is 0 Å². The van der Waals surface area contributed by atoms with Crippen LogP contribution in [-0.4, -0.2) is 17.0 Å². The highest BCUT2D eigenvalue weighted by molar-refractivity contribution is 5.99. The Balaban J connectivity index is 1.99. The first-order chi connectivity index (χ1) is 7.65. The summed E-state index contributed by atoms with van der Waals surface area (Å²) in [5.41, 5.74) is 2.96. The van der Waals surface area contributed by atoms with Gasteiger partial charge in [-0.2, -0.15) is 0 Å². The van der Waals surface area contributed by atoms with E-state index < -0.39 is 5.97 Å². The Labute approximate surface area is 93.3 Å². The van der Waals surface area contributed by atoms with Crippen molar-refractivity contribution >= 4 is 17.6 Å². The fourth-order valence-electron chi connectivity index (χ4n) is 1.86. The first-order valence-electron chi connectivity index (χ1n) is 5.28. The Hall–Kier alpha value is -1.84. The molecule has 84 valence electrons. The number of benzene rings is 1. The summed E-state index contributed by atoms with van der Waals surface area (Å²) in [6, 6.07) is 5.83. The van der Waals surface area contributed by atoms with E-state index in [0.717, 1.165) is 23.2 Å². The van der Waals surface area contributed by atoms with Crippen LogP contribution in [0, 0.1) is 0 Å². The molecule has 2 rings (SSSR count). The summed E-state index contributed by atoms with van der Waals surface area (Å²) in [6.07, 6.45) is 1.99. The van der Waals surface area contributed by atoms with Gasteiger partial charge in [0.15, 0.2) is 0 Å². The van der Waals surface area contributed by atoms with E-state index in [4.69, 9.17) is 5.11 Å². The number of rotatable bonds is 4. The van der Waals surface area contributed by atoms with Crippen LogP contribution in [0.25, 0.3) is 0 Å². The van der Waals surface area contributed by atoms with Gasteiger partial charge in [-0.1, -0.05) is 12.1 Å². The van der Waals surface area contributed by atoms with E-state index >= 15 is 0 Å². The highest BCUT2D eigenvalue weighted by atomic mass is 16.4. The second kappa shape index (κ2) is 4.35. The van der Waals surface area contributed by atoms with Crippen molar-refractivity contribution in [3.63, 3.8) is 0 Å². The molecule has 0 fully saturated rings. The molecule has 0 radical (unpaired) electrons. The van der Waals surface area contributed by atoms with Crippen molar-refractivity contribution in [1.82, 2.24) is 0 Å².